The first kappa shape index (κ1) is 16.2. The Morgan fingerprint density at radius 2 is 1.83 bits per heavy atom. The minimum atomic E-state index is -1.10. The van der Waals surface area contributed by atoms with Crippen molar-refractivity contribution in [2.45, 2.75) is 13.0 Å². The standard InChI is InChI=1S/C17H13FN2O3/c1-11(23-17(22)14-4-2-3-5-15(14)18)16(21)20-13-8-6-12(10-19)7-9-13/h2-9,11H,1H3,(H,20,21)/t11-/m0/s1. The third kappa shape index (κ3) is 4.14. The summed E-state index contributed by atoms with van der Waals surface area (Å²) in [5.74, 6) is -2.18. The van der Waals surface area contributed by atoms with Gasteiger partial charge in [-0.25, -0.2) is 9.18 Å². The Balaban J connectivity index is 1.98. The zero-order valence-electron chi connectivity index (χ0n) is 12.2. The molecule has 0 unspecified atom stereocenters. The van der Waals surface area contributed by atoms with Crippen molar-refractivity contribution < 1.29 is 18.7 Å². The Hall–Kier alpha value is -3.20. The predicted molar refractivity (Wildman–Crippen MR) is 81.1 cm³/mol. The smallest absolute Gasteiger partial charge is 0.341 e. The van der Waals surface area contributed by atoms with E-state index in [9.17, 15) is 14.0 Å². The van der Waals surface area contributed by atoms with E-state index >= 15 is 0 Å². The summed E-state index contributed by atoms with van der Waals surface area (Å²) in [5.41, 5.74) is 0.690. The number of carbonyl (C=O) groups excluding carboxylic acids is 2. The number of carbonyl (C=O) groups is 2. The van der Waals surface area contributed by atoms with E-state index in [1.165, 1.54) is 25.1 Å². The minimum Gasteiger partial charge on any atom is -0.449 e. The molecule has 1 atom stereocenters. The number of amides is 1. The summed E-state index contributed by atoms with van der Waals surface area (Å²) in [6.07, 6.45) is -1.10. The average molecular weight is 312 g/mol. The molecule has 0 saturated carbocycles. The van der Waals surface area contributed by atoms with Crippen LogP contribution in [0.25, 0.3) is 0 Å². The number of nitriles is 1. The number of hydrogen-bond donors (Lipinski definition) is 1. The molecule has 23 heavy (non-hydrogen) atoms. The molecule has 5 nitrogen and oxygen atoms in total. The van der Waals surface area contributed by atoms with Gasteiger partial charge < -0.3 is 10.1 Å². The van der Waals surface area contributed by atoms with Crippen molar-refractivity contribution >= 4 is 17.6 Å². The molecule has 0 aliphatic heterocycles. The van der Waals surface area contributed by atoms with Crippen LogP contribution in [0.3, 0.4) is 0 Å². The van der Waals surface area contributed by atoms with E-state index in [1.807, 2.05) is 6.07 Å². The number of halogens is 1. The second-order valence-electron chi connectivity index (χ2n) is 4.71. The van der Waals surface area contributed by atoms with Crippen LogP contribution in [0.4, 0.5) is 10.1 Å². The van der Waals surface area contributed by atoms with Crippen LogP contribution >= 0.6 is 0 Å². The van der Waals surface area contributed by atoms with Crippen LogP contribution in [-0.4, -0.2) is 18.0 Å². The normalized spacial score (nSPS) is 11.2. The summed E-state index contributed by atoms with van der Waals surface area (Å²) in [5, 5.41) is 11.2. The molecule has 6 heteroatoms. The minimum absolute atomic E-state index is 0.231. The first-order chi connectivity index (χ1) is 11.0. The van der Waals surface area contributed by atoms with Crippen molar-refractivity contribution in [1.29, 1.82) is 5.26 Å². The number of rotatable bonds is 4. The van der Waals surface area contributed by atoms with E-state index in [2.05, 4.69) is 5.32 Å². The van der Waals surface area contributed by atoms with Gasteiger partial charge in [0, 0.05) is 5.69 Å². The average Bonchev–Trinajstić information content (AvgIpc) is 2.55. The van der Waals surface area contributed by atoms with E-state index in [0.29, 0.717) is 11.3 Å². The quantitative estimate of drug-likeness (QED) is 0.880. The molecule has 0 saturated heterocycles. The maximum atomic E-state index is 13.5. The Labute approximate surface area is 132 Å². The molecule has 0 aromatic heterocycles. The molecule has 116 valence electrons. The number of esters is 1. The molecule has 2 rings (SSSR count). The van der Waals surface area contributed by atoms with Gasteiger partial charge in [0.2, 0.25) is 0 Å². The number of hydrogen-bond acceptors (Lipinski definition) is 4. The summed E-state index contributed by atoms with van der Waals surface area (Å²) in [4.78, 5) is 23.8. The first-order valence-corrected chi connectivity index (χ1v) is 6.78. The van der Waals surface area contributed by atoms with Crippen molar-refractivity contribution in [1.82, 2.24) is 0 Å². The monoisotopic (exact) mass is 312 g/mol. The molecule has 0 radical (unpaired) electrons. The Kier molecular flexibility index (Phi) is 5.05. The number of nitrogens with one attached hydrogen (secondary N) is 1. The van der Waals surface area contributed by atoms with Gasteiger partial charge >= 0.3 is 5.97 Å². The molecule has 0 bridgehead atoms. The van der Waals surface area contributed by atoms with Crippen LogP contribution in [0, 0.1) is 17.1 Å². The summed E-state index contributed by atoms with van der Waals surface area (Å²) >= 11 is 0. The molecule has 1 N–H and O–H groups in total. The fourth-order valence-electron chi connectivity index (χ4n) is 1.78. The highest BCUT2D eigenvalue weighted by Gasteiger charge is 2.20. The zero-order valence-corrected chi connectivity index (χ0v) is 12.2. The van der Waals surface area contributed by atoms with Gasteiger partial charge in [-0.2, -0.15) is 5.26 Å². The van der Waals surface area contributed by atoms with Crippen LogP contribution < -0.4 is 5.32 Å². The van der Waals surface area contributed by atoms with Crippen LogP contribution in [0.1, 0.15) is 22.8 Å². The van der Waals surface area contributed by atoms with Gasteiger partial charge in [0.05, 0.1) is 17.2 Å². The summed E-state index contributed by atoms with van der Waals surface area (Å²) in [6.45, 7) is 1.39. The third-order valence-corrected chi connectivity index (χ3v) is 3.03. The van der Waals surface area contributed by atoms with Crippen LogP contribution in [0.2, 0.25) is 0 Å². The van der Waals surface area contributed by atoms with E-state index in [1.54, 1.807) is 24.3 Å². The molecule has 2 aromatic carbocycles. The van der Waals surface area contributed by atoms with Crippen molar-refractivity contribution in [3.63, 3.8) is 0 Å². The highest BCUT2D eigenvalue weighted by Crippen LogP contribution is 2.12. The lowest BCUT2D eigenvalue weighted by molar-refractivity contribution is -0.123. The molecule has 2 aromatic rings. The summed E-state index contributed by atoms with van der Waals surface area (Å²) < 4.78 is 18.4. The van der Waals surface area contributed by atoms with Crippen molar-refractivity contribution in [2.24, 2.45) is 0 Å². The summed E-state index contributed by atoms with van der Waals surface area (Å²) in [6, 6.07) is 13.5. The Morgan fingerprint density at radius 1 is 1.17 bits per heavy atom. The molecule has 0 spiro atoms. The van der Waals surface area contributed by atoms with Gasteiger partial charge in [-0.3, -0.25) is 4.79 Å². The predicted octanol–water partition coefficient (Wildman–Crippen LogP) is 2.88. The van der Waals surface area contributed by atoms with Gasteiger partial charge in [0.15, 0.2) is 6.10 Å². The zero-order chi connectivity index (χ0) is 16.8. The van der Waals surface area contributed by atoms with Crippen LogP contribution in [0.15, 0.2) is 48.5 Å². The van der Waals surface area contributed by atoms with E-state index in [0.717, 1.165) is 6.07 Å². The first-order valence-electron chi connectivity index (χ1n) is 6.78. The molecular weight excluding hydrogens is 299 g/mol. The Bertz CT molecular complexity index is 766. The third-order valence-electron chi connectivity index (χ3n) is 3.03. The maximum Gasteiger partial charge on any atom is 0.341 e. The van der Waals surface area contributed by atoms with Gasteiger partial charge in [0.1, 0.15) is 5.82 Å². The lowest BCUT2D eigenvalue weighted by atomic mass is 10.2. The molecule has 1 amide bonds. The number of nitrogens with zero attached hydrogens (tertiary/aromatic N) is 1. The number of benzene rings is 2. The fraction of sp³-hybridized carbons (Fsp3) is 0.118. The second kappa shape index (κ2) is 7.18. The van der Waals surface area contributed by atoms with Crippen LogP contribution in [0.5, 0.6) is 0 Å². The lowest BCUT2D eigenvalue weighted by Gasteiger charge is -2.13. The number of anilines is 1. The van der Waals surface area contributed by atoms with E-state index < -0.39 is 23.8 Å². The second-order valence-corrected chi connectivity index (χ2v) is 4.71. The SMILES string of the molecule is C[C@H](OC(=O)c1ccccc1F)C(=O)Nc1ccc(C#N)cc1. The largest absolute Gasteiger partial charge is 0.449 e. The van der Waals surface area contributed by atoms with Gasteiger partial charge in [-0.15, -0.1) is 0 Å². The Morgan fingerprint density at radius 3 is 2.43 bits per heavy atom. The van der Waals surface area contributed by atoms with Crippen molar-refractivity contribution in [3.05, 3.63) is 65.5 Å². The summed E-state index contributed by atoms with van der Waals surface area (Å²) in [7, 11) is 0. The van der Waals surface area contributed by atoms with Crippen LogP contribution in [-0.2, 0) is 9.53 Å². The molecule has 0 aliphatic rings. The topological polar surface area (TPSA) is 79.2 Å². The molecule has 0 aliphatic carbocycles. The maximum absolute atomic E-state index is 13.5. The van der Waals surface area contributed by atoms with Gasteiger partial charge in [-0.05, 0) is 43.3 Å². The molecule has 0 heterocycles. The van der Waals surface area contributed by atoms with E-state index in [-0.39, 0.29) is 5.56 Å². The molecular formula is C17H13FN2O3. The van der Waals surface area contributed by atoms with Gasteiger partial charge in [0.25, 0.3) is 5.91 Å². The van der Waals surface area contributed by atoms with Crippen molar-refractivity contribution in [2.75, 3.05) is 5.32 Å². The highest BCUT2D eigenvalue weighted by atomic mass is 19.1. The van der Waals surface area contributed by atoms with Gasteiger partial charge in [-0.1, -0.05) is 12.1 Å². The highest BCUT2D eigenvalue weighted by molar-refractivity contribution is 5.97. The molecule has 0 fully saturated rings. The van der Waals surface area contributed by atoms with E-state index in [4.69, 9.17) is 10.00 Å². The van der Waals surface area contributed by atoms with Crippen molar-refractivity contribution in [3.8, 4) is 6.07 Å². The number of ether oxygens (including phenoxy) is 1. The fourth-order valence-corrected chi connectivity index (χ4v) is 1.78. The lowest BCUT2D eigenvalue weighted by Crippen LogP contribution is -2.30.